The quantitative estimate of drug-likeness (QED) is 0.623. The van der Waals surface area contributed by atoms with Crippen LogP contribution in [-0.2, 0) is 4.79 Å². The van der Waals surface area contributed by atoms with Gasteiger partial charge < -0.3 is 16.0 Å². The summed E-state index contributed by atoms with van der Waals surface area (Å²) in [4.78, 5) is 13.4. The summed E-state index contributed by atoms with van der Waals surface area (Å²) < 4.78 is 0. The van der Waals surface area contributed by atoms with Crippen LogP contribution in [0.25, 0.3) is 0 Å². The highest BCUT2D eigenvalue weighted by molar-refractivity contribution is 5.80. The van der Waals surface area contributed by atoms with Crippen LogP contribution < -0.4 is 11.1 Å². The van der Waals surface area contributed by atoms with Crippen LogP contribution >= 0.6 is 0 Å². The lowest BCUT2D eigenvalue weighted by atomic mass is 10.3. The predicted octanol–water partition coefficient (Wildman–Crippen LogP) is -0.454. The molecule has 1 fully saturated rings. The molecule has 4 nitrogen and oxygen atoms in total. The van der Waals surface area contributed by atoms with E-state index in [1.165, 1.54) is 25.9 Å². The van der Waals surface area contributed by atoms with Crippen LogP contribution in [0, 0.1) is 0 Å². The Morgan fingerprint density at radius 1 is 1.54 bits per heavy atom. The lowest BCUT2D eigenvalue weighted by molar-refractivity contribution is -0.122. The van der Waals surface area contributed by atoms with Crippen molar-refractivity contribution in [2.45, 2.75) is 25.8 Å². The molecule has 1 amide bonds. The fourth-order valence-corrected chi connectivity index (χ4v) is 1.50. The van der Waals surface area contributed by atoms with Gasteiger partial charge in [-0.1, -0.05) is 0 Å². The molecule has 13 heavy (non-hydrogen) atoms. The molecule has 76 valence electrons. The summed E-state index contributed by atoms with van der Waals surface area (Å²) in [5.41, 5.74) is 5.40. The van der Waals surface area contributed by atoms with Crippen molar-refractivity contribution >= 4 is 5.91 Å². The Balaban J connectivity index is 2.03. The molecule has 1 aliphatic heterocycles. The topological polar surface area (TPSA) is 58.4 Å². The second-order valence-corrected chi connectivity index (χ2v) is 3.63. The number of nitrogens with zero attached hydrogens (tertiary/aromatic N) is 1. The van der Waals surface area contributed by atoms with Crippen LogP contribution in [0.1, 0.15) is 19.8 Å². The van der Waals surface area contributed by atoms with E-state index in [1.54, 1.807) is 6.92 Å². The van der Waals surface area contributed by atoms with Gasteiger partial charge in [0.05, 0.1) is 6.04 Å². The highest BCUT2D eigenvalue weighted by Crippen LogP contribution is 2.05. The molecule has 0 bridgehead atoms. The van der Waals surface area contributed by atoms with Gasteiger partial charge in [-0.05, 0) is 32.9 Å². The molecule has 1 unspecified atom stereocenters. The van der Waals surface area contributed by atoms with Crippen molar-refractivity contribution in [3.8, 4) is 0 Å². The van der Waals surface area contributed by atoms with Crippen molar-refractivity contribution in [3.63, 3.8) is 0 Å². The minimum Gasteiger partial charge on any atom is -0.353 e. The third-order valence-electron chi connectivity index (χ3n) is 2.34. The molecule has 1 rings (SSSR count). The molecule has 1 atom stereocenters. The zero-order valence-electron chi connectivity index (χ0n) is 8.25. The largest absolute Gasteiger partial charge is 0.353 e. The van der Waals surface area contributed by atoms with E-state index in [0.29, 0.717) is 0 Å². The first-order chi connectivity index (χ1) is 6.20. The third-order valence-corrected chi connectivity index (χ3v) is 2.34. The van der Waals surface area contributed by atoms with Gasteiger partial charge in [-0.15, -0.1) is 0 Å². The van der Waals surface area contributed by atoms with Gasteiger partial charge in [0.1, 0.15) is 0 Å². The number of nitrogens with two attached hydrogens (primary N) is 1. The Morgan fingerprint density at radius 2 is 2.15 bits per heavy atom. The van der Waals surface area contributed by atoms with E-state index in [0.717, 1.165) is 13.1 Å². The van der Waals surface area contributed by atoms with Crippen molar-refractivity contribution in [3.05, 3.63) is 0 Å². The number of hydrogen-bond acceptors (Lipinski definition) is 3. The number of nitrogens with one attached hydrogen (secondary N) is 1. The number of carbonyl (C=O) groups excluding carboxylic acids is 1. The lowest BCUT2D eigenvalue weighted by Crippen LogP contribution is -2.41. The van der Waals surface area contributed by atoms with Gasteiger partial charge in [-0.3, -0.25) is 4.79 Å². The van der Waals surface area contributed by atoms with E-state index < -0.39 is 6.04 Å². The number of hydrogen-bond donors (Lipinski definition) is 2. The van der Waals surface area contributed by atoms with Crippen LogP contribution in [0.5, 0.6) is 0 Å². The maximum Gasteiger partial charge on any atom is 0.236 e. The number of likely N-dealkylation sites (tertiary alicyclic amines) is 1. The maximum atomic E-state index is 11.1. The van der Waals surface area contributed by atoms with Crippen LogP contribution in [0.4, 0.5) is 0 Å². The molecule has 0 aliphatic carbocycles. The molecule has 0 aromatic heterocycles. The Labute approximate surface area is 79.5 Å². The van der Waals surface area contributed by atoms with Gasteiger partial charge in [0.2, 0.25) is 5.91 Å². The normalized spacial score (nSPS) is 20.2. The van der Waals surface area contributed by atoms with Crippen LogP contribution in [0.2, 0.25) is 0 Å². The van der Waals surface area contributed by atoms with E-state index in [-0.39, 0.29) is 5.91 Å². The van der Waals surface area contributed by atoms with Gasteiger partial charge in [-0.25, -0.2) is 0 Å². The first kappa shape index (κ1) is 10.5. The zero-order valence-corrected chi connectivity index (χ0v) is 8.25. The van der Waals surface area contributed by atoms with Crippen molar-refractivity contribution in [2.24, 2.45) is 5.73 Å². The third kappa shape index (κ3) is 3.74. The van der Waals surface area contributed by atoms with Crippen molar-refractivity contribution < 1.29 is 4.79 Å². The molecular formula is C9H19N3O. The summed E-state index contributed by atoms with van der Waals surface area (Å²) in [5.74, 6) is -0.0563. The van der Waals surface area contributed by atoms with Crippen LogP contribution in [0.3, 0.4) is 0 Å². The predicted molar refractivity (Wildman–Crippen MR) is 52.3 cm³/mol. The van der Waals surface area contributed by atoms with E-state index >= 15 is 0 Å². The van der Waals surface area contributed by atoms with E-state index in [1.807, 2.05) is 0 Å². The zero-order chi connectivity index (χ0) is 9.68. The molecular weight excluding hydrogens is 166 g/mol. The molecule has 4 heteroatoms. The SMILES string of the molecule is CC(N)C(=O)NCCN1CCCC1. The van der Waals surface area contributed by atoms with Crippen LogP contribution in [0.15, 0.2) is 0 Å². The second-order valence-electron chi connectivity index (χ2n) is 3.63. The first-order valence-electron chi connectivity index (χ1n) is 4.96. The van der Waals surface area contributed by atoms with E-state index in [4.69, 9.17) is 5.73 Å². The maximum absolute atomic E-state index is 11.1. The summed E-state index contributed by atoms with van der Waals surface area (Å²) in [6, 6.07) is -0.390. The van der Waals surface area contributed by atoms with Gasteiger partial charge in [0.25, 0.3) is 0 Å². The Morgan fingerprint density at radius 3 is 2.69 bits per heavy atom. The first-order valence-corrected chi connectivity index (χ1v) is 4.96. The van der Waals surface area contributed by atoms with Crippen molar-refractivity contribution in [2.75, 3.05) is 26.2 Å². The molecule has 0 aromatic carbocycles. The standard InChI is InChI=1S/C9H19N3O/c1-8(10)9(13)11-4-7-12-5-2-3-6-12/h8H,2-7,10H2,1H3,(H,11,13). The summed E-state index contributed by atoms with van der Waals surface area (Å²) in [6.07, 6.45) is 2.59. The van der Waals surface area contributed by atoms with E-state index in [9.17, 15) is 4.79 Å². The number of amides is 1. The summed E-state index contributed by atoms with van der Waals surface area (Å²) in [7, 11) is 0. The summed E-state index contributed by atoms with van der Waals surface area (Å²) in [5, 5.41) is 2.80. The van der Waals surface area contributed by atoms with Crippen LogP contribution in [-0.4, -0.2) is 43.0 Å². The van der Waals surface area contributed by atoms with E-state index in [2.05, 4.69) is 10.2 Å². The van der Waals surface area contributed by atoms with Gasteiger partial charge in [0, 0.05) is 13.1 Å². The molecule has 0 aromatic rings. The monoisotopic (exact) mass is 185 g/mol. The fraction of sp³-hybridized carbons (Fsp3) is 0.889. The molecule has 0 saturated carbocycles. The minimum atomic E-state index is -0.390. The fourth-order valence-electron chi connectivity index (χ4n) is 1.50. The summed E-state index contributed by atoms with van der Waals surface area (Å²) in [6.45, 7) is 5.73. The summed E-state index contributed by atoms with van der Waals surface area (Å²) >= 11 is 0. The van der Waals surface area contributed by atoms with Gasteiger partial charge >= 0.3 is 0 Å². The average molecular weight is 185 g/mol. The lowest BCUT2D eigenvalue weighted by Gasteiger charge is -2.15. The molecule has 3 N–H and O–H groups in total. The molecule has 1 saturated heterocycles. The Hall–Kier alpha value is -0.610. The van der Waals surface area contributed by atoms with Gasteiger partial charge in [-0.2, -0.15) is 0 Å². The van der Waals surface area contributed by atoms with Crippen molar-refractivity contribution in [1.82, 2.24) is 10.2 Å². The minimum absolute atomic E-state index is 0.0563. The molecule has 0 spiro atoms. The Kier molecular flexibility index (Phi) is 4.18. The highest BCUT2D eigenvalue weighted by Gasteiger charge is 2.11. The Bertz CT molecular complexity index is 164. The average Bonchev–Trinajstić information content (AvgIpc) is 2.56. The highest BCUT2D eigenvalue weighted by atomic mass is 16.2. The molecule has 1 aliphatic rings. The van der Waals surface area contributed by atoms with Gasteiger partial charge in [0.15, 0.2) is 0 Å². The van der Waals surface area contributed by atoms with Crippen molar-refractivity contribution in [1.29, 1.82) is 0 Å². The molecule has 0 radical (unpaired) electrons. The number of carbonyl (C=O) groups is 1. The number of rotatable bonds is 4. The smallest absolute Gasteiger partial charge is 0.236 e. The second kappa shape index (κ2) is 5.19. The molecule has 1 heterocycles.